The average molecular weight is 611 g/mol. The zero-order valence-electron chi connectivity index (χ0n) is 26.0. The molecule has 3 aromatic heterocycles. The number of nitrogens with two attached hydrogens (primary N) is 1. The molecule has 0 aliphatic rings. The topological polar surface area (TPSA) is 158 Å². The van der Waals surface area contributed by atoms with Crippen molar-refractivity contribution in [3.05, 3.63) is 95.3 Å². The molecule has 3 amide bonds. The van der Waals surface area contributed by atoms with Gasteiger partial charge in [-0.25, -0.2) is 0 Å². The largest absolute Gasteiger partial charge is 0.497 e. The SMILES string of the molecule is COc1ccc(/C=C/c2ccc(C(=O)Nc3cc(C(=O)Nc4cc(C(=O)NCCC(N)=NC(C)C)n(C)c4)n(C)c3)cn2)cc1. The molecule has 0 aliphatic carbocycles. The second kappa shape index (κ2) is 14.7. The standard InChI is InChI=1S/C33H38N8O4/c1-21(2)37-30(34)14-15-35-32(43)28-16-26(20-40(28)3)39-33(44)29-17-25(19-41(29)4)38-31(42)23-9-11-24(36-18-23)10-6-22-7-12-27(45-5)13-8-22/h6-13,16-21H,14-15H2,1-5H3,(H2,34,37)(H,35,43)(H,38,42)(H,39,44)/b10-6+. The number of carbonyl (C=O) groups is 3. The molecule has 4 aromatic rings. The van der Waals surface area contributed by atoms with Crippen molar-refractivity contribution < 1.29 is 19.1 Å². The van der Waals surface area contributed by atoms with E-state index in [0.717, 1.165) is 11.3 Å². The van der Waals surface area contributed by atoms with Crippen LogP contribution in [0, 0.1) is 0 Å². The van der Waals surface area contributed by atoms with Crippen molar-refractivity contribution in [3.8, 4) is 5.75 Å². The van der Waals surface area contributed by atoms with Crippen LogP contribution in [0.2, 0.25) is 0 Å². The smallest absolute Gasteiger partial charge is 0.272 e. The first-order valence-corrected chi connectivity index (χ1v) is 14.4. The lowest BCUT2D eigenvalue weighted by atomic mass is 10.1. The number of amidine groups is 1. The third-order valence-electron chi connectivity index (χ3n) is 6.69. The molecule has 0 unspecified atom stereocenters. The van der Waals surface area contributed by atoms with Crippen molar-refractivity contribution in [1.29, 1.82) is 0 Å². The van der Waals surface area contributed by atoms with Crippen LogP contribution in [0.4, 0.5) is 11.4 Å². The zero-order valence-corrected chi connectivity index (χ0v) is 26.0. The van der Waals surface area contributed by atoms with E-state index in [1.54, 1.807) is 67.0 Å². The van der Waals surface area contributed by atoms with Crippen molar-refractivity contribution in [3.63, 3.8) is 0 Å². The van der Waals surface area contributed by atoms with Gasteiger partial charge in [0.05, 0.1) is 35.6 Å². The zero-order chi connectivity index (χ0) is 32.5. The van der Waals surface area contributed by atoms with Gasteiger partial charge in [-0.1, -0.05) is 18.2 Å². The fraction of sp³-hybridized carbons (Fsp3) is 0.242. The lowest BCUT2D eigenvalue weighted by molar-refractivity contribution is 0.0945. The molecule has 0 radical (unpaired) electrons. The van der Waals surface area contributed by atoms with E-state index >= 15 is 0 Å². The molecule has 0 saturated carbocycles. The number of methoxy groups -OCH3 is 1. The van der Waals surface area contributed by atoms with Gasteiger partial charge in [-0.2, -0.15) is 0 Å². The van der Waals surface area contributed by atoms with E-state index in [2.05, 4.69) is 25.9 Å². The molecule has 234 valence electrons. The van der Waals surface area contributed by atoms with Crippen LogP contribution in [-0.4, -0.2) is 57.4 Å². The number of aromatic nitrogens is 3. The Kier molecular flexibility index (Phi) is 10.5. The maximum absolute atomic E-state index is 13.1. The number of anilines is 2. The molecule has 1 aromatic carbocycles. The first kappa shape index (κ1) is 32.3. The van der Waals surface area contributed by atoms with Gasteiger partial charge < -0.3 is 35.6 Å². The van der Waals surface area contributed by atoms with Crippen molar-refractivity contribution in [2.45, 2.75) is 26.3 Å². The summed E-state index contributed by atoms with van der Waals surface area (Å²) in [4.78, 5) is 47.2. The summed E-state index contributed by atoms with van der Waals surface area (Å²) in [5.74, 6) is 0.205. The van der Waals surface area contributed by atoms with E-state index in [1.165, 1.54) is 6.20 Å². The van der Waals surface area contributed by atoms with Gasteiger partial charge in [0.15, 0.2) is 0 Å². The molecular weight excluding hydrogens is 572 g/mol. The number of carbonyl (C=O) groups excluding carboxylic acids is 3. The van der Waals surface area contributed by atoms with Crippen LogP contribution >= 0.6 is 0 Å². The number of pyridine rings is 1. The van der Waals surface area contributed by atoms with Crippen LogP contribution in [0.15, 0.2) is 72.1 Å². The second-order valence-electron chi connectivity index (χ2n) is 10.7. The molecule has 12 nitrogen and oxygen atoms in total. The van der Waals surface area contributed by atoms with Gasteiger partial charge in [0.2, 0.25) is 0 Å². The number of hydrogen-bond donors (Lipinski definition) is 4. The Morgan fingerprint density at radius 3 is 2.11 bits per heavy atom. The predicted octanol–water partition coefficient (Wildman–Crippen LogP) is 4.33. The van der Waals surface area contributed by atoms with Crippen molar-refractivity contribution >= 4 is 47.1 Å². The summed E-state index contributed by atoms with van der Waals surface area (Å²) in [6.07, 6.45) is 9.01. The van der Waals surface area contributed by atoms with Gasteiger partial charge in [-0.15, -0.1) is 0 Å². The Hall–Kier alpha value is -5.65. The molecule has 45 heavy (non-hydrogen) atoms. The summed E-state index contributed by atoms with van der Waals surface area (Å²) >= 11 is 0. The molecular formula is C33H38N8O4. The van der Waals surface area contributed by atoms with Crippen LogP contribution in [-0.2, 0) is 14.1 Å². The molecule has 12 heteroatoms. The highest BCUT2D eigenvalue weighted by atomic mass is 16.5. The van der Waals surface area contributed by atoms with Gasteiger partial charge in [0.1, 0.15) is 17.1 Å². The number of benzene rings is 1. The third kappa shape index (κ3) is 8.92. The van der Waals surface area contributed by atoms with Crippen molar-refractivity contribution in [1.82, 2.24) is 19.4 Å². The number of rotatable bonds is 12. The van der Waals surface area contributed by atoms with Gasteiger partial charge >= 0.3 is 0 Å². The van der Waals surface area contributed by atoms with E-state index in [1.807, 2.05) is 50.3 Å². The first-order chi connectivity index (χ1) is 21.5. The van der Waals surface area contributed by atoms with Crippen molar-refractivity contribution in [2.75, 3.05) is 24.3 Å². The maximum Gasteiger partial charge on any atom is 0.272 e. The Morgan fingerprint density at radius 1 is 0.911 bits per heavy atom. The average Bonchev–Trinajstić information content (AvgIpc) is 3.56. The molecule has 0 saturated heterocycles. The first-order valence-electron chi connectivity index (χ1n) is 14.4. The van der Waals surface area contributed by atoms with Crippen LogP contribution in [0.1, 0.15) is 62.9 Å². The quantitative estimate of drug-likeness (QED) is 0.138. The number of amides is 3. The van der Waals surface area contributed by atoms with Gasteiger partial charge in [0, 0.05) is 51.7 Å². The molecule has 0 atom stereocenters. The normalized spacial score (nSPS) is 11.6. The monoisotopic (exact) mass is 610 g/mol. The molecule has 5 N–H and O–H groups in total. The maximum atomic E-state index is 13.1. The summed E-state index contributed by atoms with van der Waals surface area (Å²) < 4.78 is 8.41. The lowest BCUT2D eigenvalue weighted by Crippen LogP contribution is -2.29. The van der Waals surface area contributed by atoms with E-state index in [-0.39, 0.29) is 17.9 Å². The van der Waals surface area contributed by atoms with E-state index in [9.17, 15) is 14.4 Å². The summed E-state index contributed by atoms with van der Waals surface area (Å²) in [7, 11) is 5.04. The molecule has 0 fully saturated rings. The minimum absolute atomic E-state index is 0.0889. The fourth-order valence-electron chi connectivity index (χ4n) is 4.44. The number of hydrogen-bond acceptors (Lipinski definition) is 6. The van der Waals surface area contributed by atoms with E-state index in [0.29, 0.717) is 52.8 Å². The van der Waals surface area contributed by atoms with Crippen LogP contribution in [0.3, 0.4) is 0 Å². The Balaban J connectivity index is 1.33. The predicted molar refractivity (Wildman–Crippen MR) is 177 cm³/mol. The highest BCUT2D eigenvalue weighted by Gasteiger charge is 2.17. The van der Waals surface area contributed by atoms with Crippen LogP contribution in [0.5, 0.6) is 5.75 Å². The summed E-state index contributed by atoms with van der Waals surface area (Å²) in [5.41, 5.74) is 9.52. The highest BCUT2D eigenvalue weighted by Crippen LogP contribution is 2.19. The van der Waals surface area contributed by atoms with Gasteiger partial charge in [-0.3, -0.25) is 24.4 Å². The Morgan fingerprint density at radius 2 is 1.53 bits per heavy atom. The van der Waals surface area contributed by atoms with Crippen molar-refractivity contribution in [2.24, 2.45) is 24.8 Å². The molecule has 3 heterocycles. The van der Waals surface area contributed by atoms with Crippen LogP contribution in [0.25, 0.3) is 12.2 Å². The number of nitrogens with one attached hydrogen (secondary N) is 3. The third-order valence-corrected chi connectivity index (χ3v) is 6.69. The lowest BCUT2D eigenvalue weighted by Gasteiger charge is -2.06. The van der Waals surface area contributed by atoms with Crippen LogP contribution < -0.4 is 26.4 Å². The van der Waals surface area contributed by atoms with E-state index < -0.39 is 5.91 Å². The minimum atomic E-state index is -0.400. The molecule has 0 bridgehead atoms. The van der Waals surface area contributed by atoms with Gasteiger partial charge in [0.25, 0.3) is 17.7 Å². The molecule has 0 spiro atoms. The summed E-state index contributed by atoms with van der Waals surface area (Å²) in [6.45, 7) is 4.20. The minimum Gasteiger partial charge on any atom is -0.497 e. The second-order valence-corrected chi connectivity index (χ2v) is 10.7. The molecule has 4 rings (SSSR count). The number of aryl methyl sites for hydroxylation is 2. The number of aliphatic imine (C=N–C) groups is 1. The summed E-state index contributed by atoms with van der Waals surface area (Å²) in [5, 5.41) is 8.43. The number of nitrogens with zero attached hydrogens (tertiary/aromatic N) is 4. The van der Waals surface area contributed by atoms with E-state index in [4.69, 9.17) is 10.5 Å². The fourth-order valence-corrected chi connectivity index (χ4v) is 4.44. The number of ether oxygens (including phenoxy) is 1. The summed E-state index contributed by atoms with van der Waals surface area (Å²) in [6, 6.07) is 14.3. The Labute approximate surface area is 262 Å². The van der Waals surface area contributed by atoms with Gasteiger partial charge in [-0.05, 0) is 61.9 Å². The highest BCUT2D eigenvalue weighted by molar-refractivity contribution is 6.07. The molecule has 0 aliphatic heterocycles. The Bertz CT molecular complexity index is 1710.